The predicted octanol–water partition coefficient (Wildman–Crippen LogP) is 3.03. The van der Waals surface area contributed by atoms with Crippen molar-refractivity contribution >= 4 is 5.97 Å². The van der Waals surface area contributed by atoms with Gasteiger partial charge in [0.2, 0.25) is 0 Å². The number of hydrogen-bond donors (Lipinski definition) is 2. The van der Waals surface area contributed by atoms with Gasteiger partial charge in [-0.25, -0.2) is 0 Å². The number of carboxylic acids is 1. The summed E-state index contributed by atoms with van der Waals surface area (Å²) in [4.78, 5) is 11.1. The highest BCUT2D eigenvalue weighted by atomic mass is 16.5. The van der Waals surface area contributed by atoms with Crippen molar-refractivity contribution in [2.45, 2.75) is 52.1 Å². The summed E-state index contributed by atoms with van der Waals surface area (Å²) in [5.74, 6) is 0.413. The molecule has 0 saturated heterocycles. The maximum absolute atomic E-state index is 11.1. The number of nitrogens with one attached hydrogen (secondary N) is 1. The second kappa shape index (κ2) is 7.90. The summed E-state index contributed by atoms with van der Waals surface area (Å²) in [6.07, 6.45) is 0.444. The summed E-state index contributed by atoms with van der Waals surface area (Å²) < 4.78 is 5.66. The molecule has 1 rings (SSSR count). The van der Waals surface area contributed by atoms with Crippen LogP contribution in [0, 0.1) is 0 Å². The fourth-order valence-corrected chi connectivity index (χ4v) is 1.94. The number of benzene rings is 1. The molecule has 0 fully saturated rings. The van der Waals surface area contributed by atoms with Crippen molar-refractivity contribution in [3.63, 3.8) is 0 Å². The van der Waals surface area contributed by atoms with E-state index in [0.717, 1.165) is 5.75 Å². The van der Waals surface area contributed by atoms with Crippen molar-refractivity contribution in [3.05, 3.63) is 29.8 Å². The molecule has 0 spiro atoms. The molecule has 2 N–H and O–H groups in total. The first-order valence-electron chi connectivity index (χ1n) is 7.11. The average molecular weight is 279 g/mol. The Morgan fingerprint density at radius 2 is 2.00 bits per heavy atom. The Kier molecular flexibility index (Phi) is 6.52. The van der Waals surface area contributed by atoms with E-state index in [9.17, 15) is 4.79 Å². The minimum Gasteiger partial charge on any atom is -0.494 e. The topological polar surface area (TPSA) is 58.6 Å². The van der Waals surface area contributed by atoms with E-state index < -0.39 is 12.0 Å². The predicted molar refractivity (Wildman–Crippen MR) is 80.3 cm³/mol. The van der Waals surface area contributed by atoms with Crippen molar-refractivity contribution in [1.29, 1.82) is 0 Å². The average Bonchev–Trinajstić information content (AvgIpc) is 2.37. The van der Waals surface area contributed by atoms with E-state index in [1.807, 2.05) is 32.0 Å². The molecular weight excluding hydrogens is 254 g/mol. The van der Waals surface area contributed by atoms with Gasteiger partial charge in [0.25, 0.3) is 0 Å². The van der Waals surface area contributed by atoms with E-state index in [2.05, 4.69) is 25.2 Å². The third-order valence-corrected chi connectivity index (χ3v) is 3.03. The Morgan fingerprint density at radius 1 is 1.30 bits per heavy atom. The molecule has 4 heteroatoms. The third kappa shape index (κ3) is 5.61. The SMILES string of the molecule is CC(C)NC(CCOc1cccc(C(C)C)c1)C(=O)O. The highest BCUT2D eigenvalue weighted by Gasteiger charge is 2.17. The molecule has 0 amide bonds. The summed E-state index contributed by atoms with van der Waals surface area (Å²) in [7, 11) is 0. The zero-order chi connectivity index (χ0) is 15.1. The Hall–Kier alpha value is -1.55. The highest BCUT2D eigenvalue weighted by molar-refractivity contribution is 5.73. The van der Waals surface area contributed by atoms with Crippen LogP contribution in [0.1, 0.15) is 45.6 Å². The zero-order valence-corrected chi connectivity index (χ0v) is 12.7. The second-order valence-electron chi connectivity index (χ2n) is 5.58. The van der Waals surface area contributed by atoms with Crippen LogP contribution in [0.4, 0.5) is 0 Å². The molecule has 0 aliphatic carbocycles. The van der Waals surface area contributed by atoms with Crippen LogP contribution in [-0.2, 0) is 4.79 Å². The van der Waals surface area contributed by atoms with E-state index in [4.69, 9.17) is 9.84 Å². The number of aliphatic carboxylic acids is 1. The van der Waals surface area contributed by atoms with Gasteiger partial charge < -0.3 is 15.2 Å². The number of rotatable bonds is 8. The molecule has 1 aromatic carbocycles. The summed E-state index contributed by atoms with van der Waals surface area (Å²) in [5.41, 5.74) is 1.22. The van der Waals surface area contributed by atoms with Gasteiger partial charge in [-0.15, -0.1) is 0 Å². The molecule has 0 bridgehead atoms. The van der Waals surface area contributed by atoms with Gasteiger partial charge in [-0.2, -0.15) is 0 Å². The Morgan fingerprint density at radius 3 is 2.55 bits per heavy atom. The summed E-state index contributed by atoms with van der Waals surface area (Å²) in [5, 5.41) is 12.1. The first-order chi connectivity index (χ1) is 9.40. The molecule has 0 aromatic heterocycles. The molecule has 4 nitrogen and oxygen atoms in total. The normalized spacial score (nSPS) is 12.7. The standard InChI is InChI=1S/C16H25NO3/c1-11(2)13-6-5-7-14(10-13)20-9-8-15(16(18)19)17-12(3)4/h5-7,10-12,15,17H,8-9H2,1-4H3,(H,18,19). The van der Waals surface area contributed by atoms with Crippen molar-refractivity contribution < 1.29 is 14.6 Å². The highest BCUT2D eigenvalue weighted by Crippen LogP contribution is 2.20. The fraction of sp³-hybridized carbons (Fsp3) is 0.562. The van der Waals surface area contributed by atoms with Crippen LogP contribution >= 0.6 is 0 Å². The molecule has 0 saturated carbocycles. The van der Waals surface area contributed by atoms with Gasteiger partial charge in [-0.05, 0) is 23.6 Å². The monoisotopic (exact) mass is 279 g/mol. The second-order valence-corrected chi connectivity index (χ2v) is 5.58. The van der Waals surface area contributed by atoms with Gasteiger partial charge in [0.1, 0.15) is 11.8 Å². The Bertz CT molecular complexity index is 429. The molecule has 1 unspecified atom stereocenters. The van der Waals surface area contributed by atoms with E-state index in [1.54, 1.807) is 0 Å². The summed E-state index contributed by atoms with van der Waals surface area (Å²) in [6.45, 7) is 8.52. The van der Waals surface area contributed by atoms with Gasteiger partial charge in [0, 0.05) is 12.5 Å². The fourth-order valence-electron chi connectivity index (χ4n) is 1.94. The largest absolute Gasteiger partial charge is 0.494 e. The van der Waals surface area contributed by atoms with E-state index in [1.165, 1.54) is 5.56 Å². The molecule has 112 valence electrons. The summed E-state index contributed by atoms with van der Waals surface area (Å²) >= 11 is 0. The zero-order valence-electron chi connectivity index (χ0n) is 12.7. The van der Waals surface area contributed by atoms with Crippen molar-refractivity contribution in [3.8, 4) is 5.75 Å². The van der Waals surface area contributed by atoms with Gasteiger partial charge in [-0.1, -0.05) is 39.8 Å². The number of carbonyl (C=O) groups is 1. The van der Waals surface area contributed by atoms with E-state index in [0.29, 0.717) is 18.9 Å². The Labute approximate surface area is 121 Å². The summed E-state index contributed by atoms with van der Waals surface area (Å²) in [6, 6.07) is 7.51. The lowest BCUT2D eigenvalue weighted by atomic mass is 10.0. The molecule has 0 aliphatic heterocycles. The molecule has 20 heavy (non-hydrogen) atoms. The van der Waals surface area contributed by atoms with Gasteiger partial charge in [-0.3, -0.25) is 4.79 Å². The lowest BCUT2D eigenvalue weighted by Crippen LogP contribution is -2.41. The third-order valence-electron chi connectivity index (χ3n) is 3.03. The quantitative estimate of drug-likeness (QED) is 0.768. The lowest BCUT2D eigenvalue weighted by molar-refractivity contribution is -0.140. The minimum absolute atomic E-state index is 0.139. The van der Waals surface area contributed by atoms with Crippen molar-refractivity contribution in [1.82, 2.24) is 5.32 Å². The van der Waals surface area contributed by atoms with Crippen molar-refractivity contribution in [2.75, 3.05) is 6.61 Å². The molecule has 0 heterocycles. The molecule has 1 atom stereocenters. The smallest absolute Gasteiger partial charge is 0.320 e. The van der Waals surface area contributed by atoms with Gasteiger partial charge in [0.05, 0.1) is 6.61 Å². The van der Waals surface area contributed by atoms with Crippen LogP contribution in [0.5, 0.6) is 5.75 Å². The van der Waals surface area contributed by atoms with E-state index in [-0.39, 0.29) is 6.04 Å². The van der Waals surface area contributed by atoms with Gasteiger partial charge in [0.15, 0.2) is 0 Å². The maximum atomic E-state index is 11.1. The van der Waals surface area contributed by atoms with E-state index >= 15 is 0 Å². The first-order valence-corrected chi connectivity index (χ1v) is 7.11. The number of hydrogen-bond acceptors (Lipinski definition) is 3. The minimum atomic E-state index is -0.835. The van der Waals surface area contributed by atoms with Crippen LogP contribution in [0.15, 0.2) is 24.3 Å². The van der Waals surface area contributed by atoms with Crippen molar-refractivity contribution in [2.24, 2.45) is 0 Å². The van der Waals surface area contributed by atoms with Crippen LogP contribution in [0.25, 0.3) is 0 Å². The van der Waals surface area contributed by atoms with Crippen LogP contribution in [0.2, 0.25) is 0 Å². The maximum Gasteiger partial charge on any atom is 0.320 e. The molecule has 0 radical (unpaired) electrons. The van der Waals surface area contributed by atoms with Crippen LogP contribution in [0.3, 0.4) is 0 Å². The van der Waals surface area contributed by atoms with Gasteiger partial charge >= 0.3 is 5.97 Å². The first kappa shape index (κ1) is 16.5. The molecular formula is C16H25NO3. The van der Waals surface area contributed by atoms with Crippen LogP contribution in [-0.4, -0.2) is 29.8 Å². The molecule has 0 aliphatic rings. The van der Waals surface area contributed by atoms with Crippen LogP contribution < -0.4 is 10.1 Å². The Balaban J connectivity index is 2.50. The lowest BCUT2D eigenvalue weighted by Gasteiger charge is -2.17. The number of ether oxygens (including phenoxy) is 1. The molecule has 1 aromatic rings. The number of carboxylic acid groups (broad SMARTS) is 1.